The molecule has 114 valence electrons. The van der Waals surface area contributed by atoms with Crippen LogP contribution in [0, 0.1) is 11.7 Å². The minimum absolute atomic E-state index is 0.165. The SMILES string of the molecule is CC(C)C(c1nc(CSc2ccc(F)cc2)no1)C(C)O. The molecule has 0 aliphatic heterocycles. The van der Waals surface area contributed by atoms with Gasteiger partial charge in [0.1, 0.15) is 5.82 Å². The van der Waals surface area contributed by atoms with Gasteiger partial charge in [0.25, 0.3) is 0 Å². The highest BCUT2D eigenvalue weighted by Crippen LogP contribution is 2.28. The summed E-state index contributed by atoms with van der Waals surface area (Å²) in [6.07, 6.45) is -0.539. The van der Waals surface area contributed by atoms with E-state index >= 15 is 0 Å². The van der Waals surface area contributed by atoms with Crippen molar-refractivity contribution in [3.8, 4) is 0 Å². The summed E-state index contributed by atoms with van der Waals surface area (Å²) in [5.74, 6) is 1.38. The van der Waals surface area contributed by atoms with Gasteiger partial charge in [-0.15, -0.1) is 11.8 Å². The maximum atomic E-state index is 12.8. The van der Waals surface area contributed by atoms with Gasteiger partial charge in [-0.25, -0.2) is 4.39 Å². The van der Waals surface area contributed by atoms with Gasteiger partial charge in [-0.2, -0.15) is 4.98 Å². The molecule has 1 aromatic carbocycles. The van der Waals surface area contributed by atoms with Crippen molar-refractivity contribution in [2.45, 2.75) is 43.4 Å². The van der Waals surface area contributed by atoms with Gasteiger partial charge >= 0.3 is 0 Å². The summed E-state index contributed by atoms with van der Waals surface area (Å²) < 4.78 is 18.1. The maximum absolute atomic E-state index is 12.8. The minimum Gasteiger partial charge on any atom is -0.393 e. The predicted octanol–water partition coefficient (Wildman–Crippen LogP) is 3.62. The van der Waals surface area contributed by atoms with Crippen molar-refractivity contribution in [3.05, 3.63) is 41.8 Å². The zero-order chi connectivity index (χ0) is 15.4. The normalized spacial score (nSPS) is 14.4. The lowest BCUT2D eigenvalue weighted by molar-refractivity contribution is 0.120. The van der Waals surface area contributed by atoms with Crippen LogP contribution in [-0.4, -0.2) is 21.4 Å². The Balaban J connectivity index is 2.01. The Hall–Kier alpha value is -1.40. The number of hydrogen-bond acceptors (Lipinski definition) is 5. The number of aliphatic hydroxyl groups excluding tert-OH is 1. The highest BCUT2D eigenvalue weighted by molar-refractivity contribution is 7.98. The lowest BCUT2D eigenvalue weighted by Gasteiger charge is -2.19. The van der Waals surface area contributed by atoms with Crippen LogP contribution in [-0.2, 0) is 5.75 Å². The van der Waals surface area contributed by atoms with Gasteiger partial charge in [-0.3, -0.25) is 0 Å². The fourth-order valence-electron chi connectivity index (χ4n) is 2.19. The Morgan fingerprint density at radius 2 is 1.90 bits per heavy atom. The Morgan fingerprint density at radius 1 is 1.24 bits per heavy atom. The second-order valence-corrected chi connectivity index (χ2v) is 6.35. The molecule has 0 saturated heterocycles. The Morgan fingerprint density at radius 3 is 2.48 bits per heavy atom. The molecule has 0 aliphatic carbocycles. The van der Waals surface area contributed by atoms with Crippen LogP contribution in [0.5, 0.6) is 0 Å². The number of hydrogen-bond donors (Lipinski definition) is 1. The van der Waals surface area contributed by atoms with Crippen molar-refractivity contribution in [3.63, 3.8) is 0 Å². The van der Waals surface area contributed by atoms with Crippen LogP contribution in [0.15, 0.2) is 33.7 Å². The zero-order valence-electron chi connectivity index (χ0n) is 12.3. The molecule has 2 aromatic rings. The molecule has 21 heavy (non-hydrogen) atoms. The fourth-order valence-corrected chi connectivity index (χ4v) is 2.93. The van der Waals surface area contributed by atoms with Crippen LogP contribution in [0.4, 0.5) is 4.39 Å². The quantitative estimate of drug-likeness (QED) is 0.826. The fraction of sp³-hybridized carbons (Fsp3) is 0.467. The molecule has 0 bridgehead atoms. The van der Waals surface area contributed by atoms with Crippen LogP contribution in [0.25, 0.3) is 0 Å². The van der Waals surface area contributed by atoms with Crippen LogP contribution in [0.2, 0.25) is 0 Å². The molecule has 6 heteroatoms. The van der Waals surface area contributed by atoms with E-state index in [4.69, 9.17) is 4.52 Å². The van der Waals surface area contributed by atoms with E-state index < -0.39 is 6.10 Å². The first kappa shape index (κ1) is 16.0. The highest BCUT2D eigenvalue weighted by Gasteiger charge is 2.27. The second kappa shape index (κ2) is 7.04. The van der Waals surface area contributed by atoms with Crippen LogP contribution >= 0.6 is 11.8 Å². The van der Waals surface area contributed by atoms with E-state index in [1.165, 1.54) is 23.9 Å². The van der Waals surface area contributed by atoms with Gasteiger partial charge in [0, 0.05) is 4.90 Å². The van der Waals surface area contributed by atoms with E-state index in [0.717, 1.165) is 4.90 Å². The molecule has 0 radical (unpaired) electrons. The number of aromatic nitrogens is 2. The predicted molar refractivity (Wildman–Crippen MR) is 79.5 cm³/mol. The van der Waals surface area contributed by atoms with Crippen LogP contribution < -0.4 is 0 Å². The van der Waals surface area contributed by atoms with E-state index in [0.29, 0.717) is 17.5 Å². The van der Waals surface area contributed by atoms with Crippen molar-refractivity contribution in [1.29, 1.82) is 0 Å². The molecule has 1 heterocycles. The molecule has 2 atom stereocenters. The van der Waals surface area contributed by atoms with Gasteiger partial charge < -0.3 is 9.63 Å². The molecule has 1 N–H and O–H groups in total. The monoisotopic (exact) mass is 310 g/mol. The number of thioether (sulfide) groups is 1. The minimum atomic E-state index is -0.539. The Kier molecular flexibility index (Phi) is 5.36. The average molecular weight is 310 g/mol. The number of halogens is 1. The van der Waals surface area contributed by atoms with Gasteiger partial charge in [0.05, 0.1) is 17.8 Å². The van der Waals surface area contributed by atoms with Crippen LogP contribution in [0.3, 0.4) is 0 Å². The van der Waals surface area contributed by atoms with Gasteiger partial charge in [-0.1, -0.05) is 19.0 Å². The maximum Gasteiger partial charge on any atom is 0.232 e. The molecule has 2 unspecified atom stereocenters. The molecule has 0 saturated carbocycles. The first-order valence-electron chi connectivity index (χ1n) is 6.86. The first-order chi connectivity index (χ1) is 9.97. The van der Waals surface area contributed by atoms with Gasteiger partial charge in [0.2, 0.25) is 5.89 Å². The summed E-state index contributed by atoms with van der Waals surface area (Å²) in [4.78, 5) is 5.30. The van der Waals surface area contributed by atoms with E-state index in [9.17, 15) is 9.50 Å². The molecular weight excluding hydrogens is 291 g/mol. The third-order valence-electron chi connectivity index (χ3n) is 3.19. The Labute approximate surface area is 127 Å². The number of rotatable bonds is 6. The van der Waals surface area contributed by atoms with Crippen molar-refractivity contribution in [2.75, 3.05) is 0 Å². The summed E-state index contributed by atoms with van der Waals surface area (Å²) in [5.41, 5.74) is 0. The van der Waals surface area contributed by atoms with Crippen molar-refractivity contribution in [1.82, 2.24) is 10.1 Å². The molecule has 2 rings (SSSR count). The van der Waals surface area contributed by atoms with E-state index in [-0.39, 0.29) is 17.7 Å². The lowest BCUT2D eigenvalue weighted by atomic mass is 9.91. The van der Waals surface area contributed by atoms with Crippen molar-refractivity contribution < 1.29 is 14.0 Å². The standard InChI is InChI=1S/C15H19FN2O2S/c1-9(2)14(10(3)19)15-17-13(18-20-15)8-21-12-6-4-11(16)5-7-12/h4-7,9-10,14,19H,8H2,1-3H3. The molecular formula is C15H19FN2O2S. The summed E-state index contributed by atoms with van der Waals surface area (Å²) in [6, 6.07) is 6.28. The lowest BCUT2D eigenvalue weighted by Crippen LogP contribution is -2.20. The van der Waals surface area contributed by atoms with Crippen molar-refractivity contribution in [2.24, 2.45) is 5.92 Å². The molecule has 0 spiro atoms. The topological polar surface area (TPSA) is 59.2 Å². The number of benzene rings is 1. The molecule has 0 fully saturated rings. The Bertz CT molecular complexity index is 561. The van der Waals surface area contributed by atoms with E-state index in [2.05, 4.69) is 10.1 Å². The molecule has 0 amide bonds. The number of nitrogens with zero attached hydrogens (tertiary/aromatic N) is 2. The summed E-state index contributed by atoms with van der Waals surface area (Å²) in [5, 5.41) is 13.8. The highest BCUT2D eigenvalue weighted by atomic mass is 32.2. The molecule has 4 nitrogen and oxygen atoms in total. The van der Waals surface area contributed by atoms with Crippen LogP contribution in [0.1, 0.15) is 38.4 Å². The van der Waals surface area contributed by atoms with Crippen molar-refractivity contribution >= 4 is 11.8 Å². The third-order valence-corrected chi connectivity index (χ3v) is 4.20. The second-order valence-electron chi connectivity index (χ2n) is 5.30. The summed E-state index contributed by atoms with van der Waals surface area (Å²) in [6.45, 7) is 5.74. The average Bonchev–Trinajstić information content (AvgIpc) is 2.85. The van der Waals surface area contributed by atoms with Gasteiger partial charge in [-0.05, 0) is 37.1 Å². The largest absolute Gasteiger partial charge is 0.393 e. The van der Waals surface area contributed by atoms with Gasteiger partial charge in [0.15, 0.2) is 5.82 Å². The van der Waals surface area contributed by atoms with E-state index in [1.807, 2.05) is 13.8 Å². The smallest absolute Gasteiger partial charge is 0.232 e. The summed E-state index contributed by atoms with van der Waals surface area (Å²) >= 11 is 1.51. The first-order valence-corrected chi connectivity index (χ1v) is 7.85. The molecule has 0 aliphatic rings. The zero-order valence-corrected chi connectivity index (χ0v) is 13.1. The number of aliphatic hydroxyl groups is 1. The van der Waals surface area contributed by atoms with E-state index in [1.54, 1.807) is 19.1 Å². The molecule has 1 aromatic heterocycles. The summed E-state index contributed by atoms with van der Waals surface area (Å²) in [7, 11) is 0. The third kappa shape index (κ3) is 4.28.